The largest absolute Gasteiger partial charge is 0.383 e. The fraction of sp³-hybridized carbons (Fsp3) is 0.409. The second-order valence-electron chi connectivity index (χ2n) is 7.23. The number of nitrogens with zero attached hydrogens (tertiary/aromatic N) is 2. The molecule has 1 saturated heterocycles. The first kappa shape index (κ1) is 23.0. The zero-order chi connectivity index (χ0) is 22.2. The fourth-order valence-electron chi connectivity index (χ4n) is 3.46. The second kappa shape index (κ2) is 11.1. The van der Waals surface area contributed by atoms with E-state index >= 15 is 0 Å². The van der Waals surface area contributed by atoms with Crippen LogP contribution in [-0.4, -0.2) is 55.9 Å². The molecule has 0 unspecified atom stereocenters. The van der Waals surface area contributed by atoms with Gasteiger partial charge in [-0.2, -0.15) is 5.26 Å². The van der Waals surface area contributed by atoms with E-state index in [1.165, 1.54) is 0 Å². The molecule has 8 nitrogen and oxygen atoms in total. The Labute approximate surface area is 189 Å². The Balaban J connectivity index is 1.82. The summed E-state index contributed by atoms with van der Waals surface area (Å²) in [6.07, 6.45) is 5.21. The normalized spacial score (nSPS) is 16.3. The van der Waals surface area contributed by atoms with Gasteiger partial charge in [-0.1, -0.05) is 15.9 Å². The van der Waals surface area contributed by atoms with Crippen LogP contribution in [0, 0.1) is 11.3 Å². The number of hydrogen-bond acceptors (Lipinski definition) is 5. The minimum Gasteiger partial charge on any atom is -0.383 e. The van der Waals surface area contributed by atoms with E-state index < -0.39 is 5.91 Å². The van der Waals surface area contributed by atoms with Crippen molar-refractivity contribution in [2.45, 2.75) is 25.5 Å². The lowest BCUT2D eigenvalue weighted by Gasteiger charge is -2.10. The van der Waals surface area contributed by atoms with E-state index in [0.717, 1.165) is 28.2 Å². The van der Waals surface area contributed by atoms with Crippen LogP contribution in [0.3, 0.4) is 0 Å². The number of nitrogens with one attached hydrogen (secondary N) is 2. The monoisotopic (exact) mass is 488 g/mol. The van der Waals surface area contributed by atoms with Crippen LogP contribution < -0.4 is 10.6 Å². The lowest BCUT2D eigenvalue weighted by molar-refractivity contribution is -0.121. The molecule has 0 radical (unpaired) electrons. The van der Waals surface area contributed by atoms with Gasteiger partial charge in [0.25, 0.3) is 5.91 Å². The third-order valence-electron chi connectivity index (χ3n) is 5.00. The maximum Gasteiger partial charge on any atom is 0.262 e. The quantitative estimate of drug-likeness (QED) is 0.320. The SMILES string of the molecule is COCCNC(=O)Cn1cc(/C=C(\C#N)C(=O)NC[C@@H]2CCCO2)c2cc(Br)ccc21. The van der Waals surface area contributed by atoms with Crippen molar-refractivity contribution in [3.63, 3.8) is 0 Å². The van der Waals surface area contributed by atoms with Crippen LogP contribution in [0.25, 0.3) is 17.0 Å². The van der Waals surface area contributed by atoms with Gasteiger partial charge in [-0.15, -0.1) is 0 Å². The Bertz CT molecular complexity index is 1020. The summed E-state index contributed by atoms with van der Waals surface area (Å²) in [6.45, 7) is 2.06. The number of halogens is 1. The van der Waals surface area contributed by atoms with E-state index in [-0.39, 0.29) is 24.1 Å². The highest BCUT2D eigenvalue weighted by Gasteiger charge is 2.18. The number of benzene rings is 1. The zero-order valence-electron chi connectivity index (χ0n) is 17.3. The molecule has 1 atom stereocenters. The van der Waals surface area contributed by atoms with Gasteiger partial charge in [-0.05, 0) is 37.1 Å². The zero-order valence-corrected chi connectivity index (χ0v) is 18.9. The molecular weight excluding hydrogens is 464 g/mol. The van der Waals surface area contributed by atoms with Crippen molar-refractivity contribution in [2.24, 2.45) is 0 Å². The van der Waals surface area contributed by atoms with Crippen molar-refractivity contribution in [1.82, 2.24) is 15.2 Å². The van der Waals surface area contributed by atoms with Crippen LogP contribution in [0.4, 0.5) is 0 Å². The maximum absolute atomic E-state index is 12.5. The third-order valence-corrected chi connectivity index (χ3v) is 5.49. The molecule has 2 heterocycles. The summed E-state index contributed by atoms with van der Waals surface area (Å²) in [4.78, 5) is 24.8. The molecule has 0 spiro atoms. The van der Waals surface area contributed by atoms with E-state index in [1.54, 1.807) is 23.9 Å². The molecule has 1 aliphatic heterocycles. The van der Waals surface area contributed by atoms with Gasteiger partial charge >= 0.3 is 0 Å². The molecular formula is C22H25BrN4O4. The fourth-order valence-corrected chi connectivity index (χ4v) is 3.82. The Hall–Kier alpha value is -2.67. The molecule has 9 heteroatoms. The summed E-state index contributed by atoms with van der Waals surface area (Å²) < 4.78 is 13.1. The van der Waals surface area contributed by atoms with Crippen molar-refractivity contribution in [1.29, 1.82) is 5.26 Å². The predicted octanol–water partition coefficient (Wildman–Crippen LogP) is 2.37. The molecule has 0 aliphatic carbocycles. The first-order valence-corrected chi connectivity index (χ1v) is 10.9. The number of fused-ring (bicyclic) bond motifs is 1. The van der Waals surface area contributed by atoms with Gasteiger partial charge in [-0.25, -0.2) is 0 Å². The molecule has 0 bridgehead atoms. The van der Waals surface area contributed by atoms with Crippen molar-refractivity contribution >= 4 is 44.7 Å². The van der Waals surface area contributed by atoms with Gasteiger partial charge in [0.15, 0.2) is 0 Å². The van der Waals surface area contributed by atoms with Crippen LogP contribution in [0.5, 0.6) is 0 Å². The molecule has 1 aromatic carbocycles. The molecule has 2 N–H and O–H groups in total. The van der Waals surface area contributed by atoms with Crippen LogP contribution >= 0.6 is 15.9 Å². The summed E-state index contributed by atoms with van der Waals surface area (Å²) in [5.41, 5.74) is 1.51. The molecule has 1 fully saturated rings. The molecule has 2 amide bonds. The number of ether oxygens (including phenoxy) is 2. The van der Waals surface area contributed by atoms with Crippen molar-refractivity contribution < 1.29 is 19.1 Å². The highest BCUT2D eigenvalue weighted by Crippen LogP contribution is 2.27. The Morgan fingerprint density at radius 3 is 2.97 bits per heavy atom. The van der Waals surface area contributed by atoms with E-state index in [1.807, 2.05) is 24.3 Å². The van der Waals surface area contributed by atoms with Gasteiger partial charge in [0, 0.05) is 53.9 Å². The minimum atomic E-state index is -0.439. The average Bonchev–Trinajstić information content (AvgIpc) is 3.38. The Morgan fingerprint density at radius 1 is 1.42 bits per heavy atom. The number of methoxy groups -OCH3 is 1. The molecule has 3 rings (SSSR count). The van der Waals surface area contributed by atoms with Crippen LogP contribution in [0.2, 0.25) is 0 Å². The van der Waals surface area contributed by atoms with Crippen LogP contribution in [0.15, 0.2) is 34.4 Å². The number of hydrogen-bond donors (Lipinski definition) is 2. The average molecular weight is 489 g/mol. The summed E-state index contributed by atoms with van der Waals surface area (Å²) in [6, 6.07) is 7.66. The van der Waals surface area contributed by atoms with Gasteiger partial charge in [0.2, 0.25) is 5.91 Å². The number of amides is 2. The summed E-state index contributed by atoms with van der Waals surface area (Å²) >= 11 is 3.46. The number of rotatable bonds is 9. The van der Waals surface area contributed by atoms with Gasteiger partial charge in [-0.3, -0.25) is 9.59 Å². The molecule has 1 aromatic heterocycles. The highest BCUT2D eigenvalue weighted by atomic mass is 79.9. The topological polar surface area (TPSA) is 105 Å². The van der Waals surface area contributed by atoms with Crippen molar-refractivity contribution in [3.05, 3.63) is 40.0 Å². The molecule has 1 aliphatic rings. The second-order valence-corrected chi connectivity index (χ2v) is 8.15. The lowest BCUT2D eigenvalue weighted by atomic mass is 10.1. The minimum absolute atomic E-state index is 0.00145. The van der Waals surface area contributed by atoms with Crippen molar-refractivity contribution in [3.8, 4) is 6.07 Å². The highest BCUT2D eigenvalue weighted by molar-refractivity contribution is 9.10. The molecule has 164 valence electrons. The summed E-state index contributed by atoms with van der Waals surface area (Å²) in [5, 5.41) is 15.9. The van der Waals surface area contributed by atoms with E-state index in [0.29, 0.717) is 31.9 Å². The standard InChI is InChI=1S/C22H25BrN4O4/c1-30-8-6-25-21(28)14-27-13-16(19-10-17(23)4-5-20(19)27)9-15(11-24)22(29)26-12-18-3-2-7-31-18/h4-5,9-10,13,18H,2-3,6-8,12,14H2,1H3,(H,25,28)(H,26,29)/b15-9+/t18-/m0/s1. The van der Waals surface area contributed by atoms with E-state index in [2.05, 4.69) is 26.6 Å². The van der Waals surface area contributed by atoms with Crippen LogP contribution in [0.1, 0.15) is 18.4 Å². The van der Waals surface area contributed by atoms with E-state index in [9.17, 15) is 14.9 Å². The number of carbonyl (C=O) groups excluding carboxylic acids is 2. The smallest absolute Gasteiger partial charge is 0.262 e. The molecule has 2 aromatic rings. The lowest BCUT2D eigenvalue weighted by Crippen LogP contribution is -2.32. The van der Waals surface area contributed by atoms with Crippen molar-refractivity contribution in [2.75, 3.05) is 33.4 Å². The van der Waals surface area contributed by atoms with Crippen LogP contribution in [-0.2, 0) is 25.6 Å². The molecule has 0 saturated carbocycles. The van der Waals surface area contributed by atoms with Gasteiger partial charge < -0.3 is 24.7 Å². The summed E-state index contributed by atoms with van der Waals surface area (Å²) in [7, 11) is 1.58. The number of carbonyl (C=O) groups is 2. The Morgan fingerprint density at radius 2 is 2.26 bits per heavy atom. The summed E-state index contributed by atoms with van der Waals surface area (Å²) in [5.74, 6) is -0.589. The van der Waals surface area contributed by atoms with Gasteiger partial charge in [0.05, 0.1) is 12.7 Å². The first-order chi connectivity index (χ1) is 15.0. The number of aromatic nitrogens is 1. The maximum atomic E-state index is 12.5. The Kier molecular flexibility index (Phi) is 8.23. The third kappa shape index (κ3) is 6.17. The molecule has 31 heavy (non-hydrogen) atoms. The predicted molar refractivity (Wildman–Crippen MR) is 120 cm³/mol. The number of nitriles is 1. The first-order valence-electron chi connectivity index (χ1n) is 10.1. The van der Waals surface area contributed by atoms with E-state index in [4.69, 9.17) is 9.47 Å². The van der Waals surface area contributed by atoms with Gasteiger partial charge in [0.1, 0.15) is 18.2 Å².